The Bertz CT molecular complexity index is 1390. The van der Waals surface area contributed by atoms with Crippen LogP contribution in [0.5, 0.6) is 0 Å². The van der Waals surface area contributed by atoms with Gasteiger partial charge in [-0.15, -0.1) is 0 Å². The Kier molecular flexibility index (Phi) is 13.9. The predicted molar refractivity (Wildman–Crippen MR) is 166 cm³/mol. The number of rotatable bonds is 16. The zero-order chi connectivity index (χ0) is 32.7. The van der Waals surface area contributed by atoms with Crippen LogP contribution < -0.4 is 16.0 Å². The summed E-state index contributed by atoms with van der Waals surface area (Å²) in [4.78, 5) is 53.9. The minimum Gasteiger partial charge on any atom is -0.386 e. The summed E-state index contributed by atoms with van der Waals surface area (Å²) in [6.45, 7) is 0.609. The van der Waals surface area contributed by atoms with E-state index in [0.29, 0.717) is 30.7 Å². The van der Waals surface area contributed by atoms with E-state index in [1.54, 1.807) is 30.5 Å². The summed E-state index contributed by atoms with van der Waals surface area (Å²) < 4.78 is 42.1. The van der Waals surface area contributed by atoms with Crippen LogP contribution in [-0.2, 0) is 23.9 Å². The van der Waals surface area contributed by atoms with Gasteiger partial charge in [0.15, 0.2) is 0 Å². The highest BCUT2D eigenvalue weighted by molar-refractivity contribution is 7.98. The molecule has 0 aliphatic rings. The van der Waals surface area contributed by atoms with Gasteiger partial charge in [-0.1, -0.05) is 60.7 Å². The average Bonchev–Trinajstić information content (AvgIpc) is 3.03. The highest BCUT2D eigenvalue weighted by atomic mass is 32.2. The summed E-state index contributed by atoms with van der Waals surface area (Å²) in [5.41, 5.74) is 2.14. The first kappa shape index (κ1) is 35.1. The number of pyridine rings is 1. The number of nitrogens with zero attached hydrogens (tertiary/aromatic N) is 1. The van der Waals surface area contributed by atoms with E-state index in [4.69, 9.17) is 0 Å². The predicted octanol–water partition coefficient (Wildman–Crippen LogP) is 5.45. The van der Waals surface area contributed by atoms with Crippen molar-refractivity contribution in [2.24, 2.45) is 0 Å². The second kappa shape index (κ2) is 17.8. The number of halogens is 3. The molecular formula is C32H35F3N4O5S. The smallest absolute Gasteiger partial charge is 0.386 e. The third kappa shape index (κ3) is 12.3. The van der Waals surface area contributed by atoms with Gasteiger partial charge < -0.3 is 20.7 Å². The molecule has 1 heterocycles. The van der Waals surface area contributed by atoms with Crippen molar-refractivity contribution in [2.75, 3.05) is 23.9 Å². The molecular weight excluding hydrogens is 609 g/mol. The van der Waals surface area contributed by atoms with Gasteiger partial charge in [0.1, 0.15) is 11.9 Å². The first-order valence-corrected chi connectivity index (χ1v) is 15.7. The number of carbonyl (C=O) groups excluding carboxylic acids is 4. The molecule has 3 aromatic rings. The van der Waals surface area contributed by atoms with E-state index in [9.17, 15) is 32.3 Å². The molecule has 3 rings (SSSR count). The molecule has 0 bridgehead atoms. The fourth-order valence-corrected chi connectivity index (χ4v) is 4.77. The maximum atomic E-state index is 13.4. The van der Waals surface area contributed by atoms with Crippen molar-refractivity contribution < 1.29 is 37.1 Å². The van der Waals surface area contributed by atoms with Crippen LogP contribution in [0.15, 0.2) is 79.0 Å². The number of ether oxygens (including phenoxy) is 1. The van der Waals surface area contributed by atoms with Crippen LogP contribution in [0.1, 0.15) is 43.7 Å². The van der Waals surface area contributed by atoms with Crippen molar-refractivity contribution in [3.63, 3.8) is 0 Å². The zero-order valence-electron chi connectivity index (χ0n) is 24.6. The molecule has 0 saturated carbocycles. The Morgan fingerprint density at radius 2 is 1.58 bits per heavy atom. The largest absolute Gasteiger partial charge is 0.491 e. The molecule has 2 amide bonds. The third-order valence-electron chi connectivity index (χ3n) is 6.61. The van der Waals surface area contributed by atoms with Crippen LogP contribution in [0.2, 0.25) is 0 Å². The van der Waals surface area contributed by atoms with Gasteiger partial charge in [-0.3, -0.25) is 14.4 Å². The maximum absolute atomic E-state index is 13.4. The second-order valence-corrected chi connectivity index (χ2v) is 11.0. The summed E-state index contributed by atoms with van der Waals surface area (Å²) in [5.74, 6) is -3.80. The molecule has 0 saturated heterocycles. The molecule has 13 heteroatoms. The van der Waals surface area contributed by atoms with Gasteiger partial charge in [-0.25, -0.2) is 9.78 Å². The summed E-state index contributed by atoms with van der Waals surface area (Å²) in [6, 6.07) is 19.5. The fraction of sp³-hybridized carbons (Fsp3) is 0.344. The van der Waals surface area contributed by atoms with Crippen molar-refractivity contribution >= 4 is 41.3 Å². The minimum absolute atomic E-state index is 0.170. The fourth-order valence-electron chi connectivity index (χ4n) is 4.30. The summed E-state index contributed by atoms with van der Waals surface area (Å²) in [7, 11) is 0. The van der Waals surface area contributed by atoms with Gasteiger partial charge in [0.25, 0.3) is 0 Å². The van der Waals surface area contributed by atoms with E-state index in [-0.39, 0.29) is 18.7 Å². The number of nitrogens with one attached hydrogen (secondary N) is 3. The zero-order valence-corrected chi connectivity index (χ0v) is 25.5. The highest BCUT2D eigenvalue weighted by Crippen LogP contribution is 2.25. The molecule has 2 atom stereocenters. The van der Waals surface area contributed by atoms with Crippen molar-refractivity contribution in [1.29, 1.82) is 0 Å². The minimum atomic E-state index is -5.35. The Hall–Kier alpha value is -4.39. The lowest BCUT2D eigenvalue weighted by Crippen LogP contribution is -2.48. The topological polar surface area (TPSA) is 126 Å². The summed E-state index contributed by atoms with van der Waals surface area (Å²) in [5, 5.41) is 8.57. The van der Waals surface area contributed by atoms with Gasteiger partial charge in [0, 0.05) is 19.2 Å². The van der Waals surface area contributed by atoms with E-state index in [0.717, 1.165) is 16.9 Å². The van der Waals surface area contributed by atoms with E-state index < -0.39 is 42.5 Å². The van der Waals surface area contributed by atoms with Crippen LogP contribution in [-0.4, -0.2) is 59.5 Å². The second-order valence-electron chi connectivity index (χ2n) is 10.0. The molecule has 45 heavy (non-hydrogen) atoms. The molecule has 0 spiro atoms. The summed E-state index contributed by atoms with van der Waals surface area (Å²) >= 11 is 1.47. The molecule has 0 fully saturated rings. The van der Waals surface area contributed by atoms with Crippen molar-refractivity contribution in [1.82, 2.24) is 15.6 Å². The molecule has 0 aliphatic carbocycles. The highest BCUT2D eigenvalue weighted by Gasteiger charge is 2.42. The molecule has 1 aromatic heterocycles. The normalized spacial score (nSPS) is 12.4. The van der Waals surface area contributed by atoms with Crippen molar-refractivity contribution in [2.45, 2.75) is 50.4 Å². The maximum Gasteiger partial charge on any atom is 0.491 e. The summed E-state index contributed by atoms with van der Waals surface area (Å²) in [6.07, 6.45) is -0.900. The molecule has 3 N–H and O–H groups in total. The van der Waals surface area contributed by atoms with Crippen LogP contribution in [0.4, 0.5) is 19.0 Å². The van der Waals surface area contributed by atoms with Crippen molar-refractivity contribution in [3.05, 3.63) is 84.6 Å². The number of benzene rings is 2. The van der Waals surface area contributed by atoms with E-state index >= 15 is 0 Å². The van der Waals surface area contributed by atoms with Gasteiger partial charge >= 0.3 is 18.1 Å². The number of carbonyl (C=O) groups is 4. The molecule has 240 valence electrons. The number of anilines is 1. The number of hydrogen-bond donors (Lipinski definition) is 3. The average molecular weight is 645 g/mol. The number of amides is 2. The van der Waals surface area contributed by atoms with Crippen molar-refractivity contribution in [3.8, 4) is 11.1 Å². The van der Waals surface area contributed by atoms with Crippen LogP contribution in [0, 0.1) is 0 Å². The molecule has 0 aliphatic heterocycles. The number of aromatic nitrogens is 1. The first-order valence-electron chi connectivity index (χ1n) is 14.3. The molecule has 2 aromatic carbocycles. The Balaban J connectivity index is 1.67. The van der Waals surface area contributed by atoms with Gasteiger partial charge in [0.2, 0.25) is 11.8 Å². The SMILES string of the molecule is CSCC[C@H](NC(=O)CCCCNc1ccccn1)C(=O)NC(CC(=O)OC(=O)C(F)(F)F)c1ccc(-c2ccccc2)cc1. The van der Waals surface area contributed by atoms with Crippen LogP contribution >= 0.6 is 11.8 Å². The molecule has 1 unspecified atom stereocenters. The number of alkyl halides is 3. The quantitative estimate of drug-likeness (QED) is 0.107. The number of esters is 2. The van der Waals surface area contributed by atoms with Gasteiger partial charge in [-0.05, 0) is 60.1 Å². The number of hydrogen-bond acceptors (Lipinski definition) is 8. The van der Waals surface area contributed by atoms with E-state index in [2.05, 4.69) is 25.7 Å². The van der Waals surface area contributed by atoms with E-state index in [1.165, 1.54) is 11.8 Å². The first-order chi connectivity index (χ1) is 21.6. The third-order valence-corrected chi connectivity index (χ3v) is 7.25. The molecule has 9 nitrogen and oxygen atoms in total. The number of thioether (sulfide) groups is 1. The Morgan fingerprint density at radius 1 is 0.889 bits per heavy atom. The van der Waals surface area contributed by atoms with E-state index in [1.807, 2.05) is 54.8 Å². The lowest BCUT2D eigenvalue weighted by Gasteiger charge is -2.24. The number of unbranched alkanes of at least 4 members (excludes halogenated alkanes) is 1. The van der Waals surface area contributed by atoms with Crippen LogP contribution in [0.3, 0.4) is 0 Å². The van der Waals surface area contributed by atoms with Crippen LogP contribution in [0.25, 0.3) is 11.1 Å². The lowest BCUT2D eigenvalue weighted by molar-refractivity contribution is -0.202. The molecule has 0 radical (unpaired) electrons. The standard InChI is InChI=1S/C32H35F3N4O5S/c1-45-20-17-25(38-28(40)12-6-8-19-37-27-11-5-7-18-36-27)30(42)39-26(21-29(41)44-31(43)32(33,34)35)24-15-13-23(14-16-24)22-9-3-2-4-10-22/h2-5,7,9-11,13-16,18,25-26H,6,8,12,17,19-21H2,1H3,(H,36,37)(H,38,40)(H,39,42)/t25-,26?/m0/s1. The Labute approximate surface area is 263 Å². The Morgan fingerprint density at radius 3 is 2.22 bits per heavy atom. The monoisotopic (exact) mass is 644 g/mol. The lowest BCUT2D eigenvalue weighted by atomic mass is 9.98. The van der Waals surface area contributed by atoms with Gasteiger partial charge in [0.05, 0.1) is 12.5 Å². The van der Waals surface area contributed by atoms with Gasteiger partial charge in [-0.2, -0.15) is 24.9 Å².